The summed E-state index contributed by atoms with van der Waals surface area (Å²) in [6.45, 7) is 4.96. The standard InChI is InChI=1S/C15H20ClFN4S2/c1-10-14(22-9-19-10)8-21-5-11(17)3-12(21)6-20(2)7-13-4-18-15(16)23-13/h4,9,11-12H,3,5-8H2,1-2H3/t11-,12-/m0/s1. The predicted molar refractivity (Wildman–Crippen MR) is 94.0 cm³/mol. The summed E-state index contributed by atoms with van der Waals surface area (Å²) >= 11 is 9.03. The molecule has 1 saturated heterocycles. The van der Waals surface area contributed by atoms with Crippen LogP contribution in [0.4, 0.5) is 4.39 Å². The maximum atomic E-state index is 13.9. The molecule has 4 nitrogen and oxygen atoms in total. The highest BCUT2D eigenvalue weighted by atomic mass is 35.5. The first kappa shape index (κ1) is 17.2. The minimum atomic E-state index is -0.737. The van der Waals surface area contributed by atoms with Crippen molar-refractivity contribution in [2.45, 2.75) is 38.6 Å². The summed E-state index contributed by atoms with van der Waals surface area (Å²) in [5, 5.41) is 0. The lowest BCUT2D eigenvalue weighted by Crippen LogP contribution is -2.38. The third-order valence-electron chi connectivity index (χ3n) is 4.14. The number of thiazole rings is 2. The molecule has 0 saturated carbocycles. The smallest absolute Gasteiger partial charge is 0.183 e. The van der Waals surface area contributed by atoms with Gasteiger partial charge in [-0.3, -0.25) is 9.80 Å². The number of nitrogens with zero attached hydrogens (tertiary/aromatic N) is 4. The van der Waals surface area contributed by atoms with Gasteiger partial charge in [0.15, 0.2) is 4.47 Å². The molecule has 0 aromatic carbocycles. The van der Waals surface area contributed by atoms with Crippen LogP contribution in [-0.4, -0.2) is 52.1 Å². The average molecular weight is 375 g/mol. The number of rotatable bonds is 6. The zero-order valence-corrected chi connectivity index (χ0v) is 15.6. The lowest BCUT2D eigenvalue weighted by molar-refractivity contribution is 0.182. The van der Waals surface area contributed by atoms with Crippen molar-refractivity contribution in [2.75, 3.05) is 20.1 Å². The van der Waals surface area contributed by atoms with Crippen molar-refractivity contribution in [3.05, 3.63) is 31.6 Å². The van der Waals surface area contributed by atoms with Gasteiger partial charge in [-0.2, -0.15) is 0 Å². The third-order valence-corrected chi connectivity index (χ3v) is 6.16. The topological polar surface area (TPSA) is 32.3 Å². The Balaban J connectivity index is 1.59. The van der Waals surface area contributed by atoms with Crippen LogP contribution in [0.1, 0.15) is 21.9 Å². The molecule has 8 heteroatoms. The molecule has 1 aliphatic rings. The number of likely N-dealkylation sites (tertiary alicyclic amines) is 1. The number of aryl methyl sites for hydroxylation is 1. The summed E-state index contributed by atoms with van der Waals surface area (Å²) in [7, 11) is 2.06. The molecule has 0 radical (unpaired) electrons. The van der Waals surface area contributed by atoms with Gasteiger partial charge in [-0.1, -0.05) is 11.6 Å². The van der Waals surface area contributed by atoms with Crippen LogP contribution < -0.4 is 0 Å². The SMILES string of the molecule is Cc1ncsc1CN1C[C@@H](F)C[C@H]1CN(C)Cc1cnc(Cl)s1. The Morgan fingerprint density at radius 3 is 2.96 bits per heavy atom. The Kier molecular flexibility index (Phi) is 5.64. The van der Waals surface area contributed by atoms with Gasteiger partial charge in [0, 0.05) is 48.2 Å². The predicted octanol–water partition coefficient (Wildman–Crippen LogP) is 3.61. The minimum Gasteiger partial charge on any atom is -0.300 e. The molecular formula is C15H20ClFN4S2. The molecule has 3 rings (SSSR count). The number of hydrogen-bond acceptors (Lipinski definition) is 6. The molecule has 1 aliphatic heterocycles. The maximum Gasteiger partial charge on any atom is 0.183 e. The van der Waals surface area contributed by atoms with E-state index in [1.165, 1.54) is 16.2 Å². The number of alkyl halides is 1. The molecule has 0 bridgehead atoms. The van der Waals surface area contributed by atoms with Crippen LogP contribution in [0.15, 0.2) is 11.7 Å². The van der Waals surface area contributed by atoms with Crippen molar-refractivity contribution in [1.82, 2.24) is 19.8 Å². The zero-order chi connectivity index (χ0) is 16.4. The zero-order valence-electron chi connectivity index (χ0n) is 13.2. The summed E-state index contributed by atoms with van der Waals surface area (Å²) in [5.74, 6) is 0. The van der Waals surface area contributed by atoms with Crippen LogP contribution >= 0.6 is 34.3 Å². The maximum absolute atomic E-state index is 13.9. The summed E-state index contributed by atoms with van der Waals surface area (Å²) in [6.07, 6.45) is 1.68. The first-order valence-electron chi connectivity index (χ1n) is 7.57. The van der Waals surface area contributed by atoms with E-state index in [9.17, 15) is 4.39 Å². The first-order valence-corrected chi connectivity index (χ1v) is 9.64. The molecule has 0 aliphatic carbocycles. The molecule has 126 valence electrons. The van der Waals surface area contributed by atoms with Crippen molar-refractivity contribution in [1.29, 1.82) is 0 Å². The van der Waals surface area contributed by atoms with E-state index in [2.05, 4.69) is 26.8 Å². The van der Waals surface area contributed by atoms with Crippen LogP contribution in [0.3, 0.4) is 0 Å². The Hall–Kier alpha value is -0.600. The molecule has 0 spiro atoms. The second-order valence-corrected chi connectivity index (χ2v) is 8.69. The summed E-state index contributed by atoms with van der Waals surface area (Å²) in [4.78, 5) is 15.2. The lowest BCUT2D eigenvalue weighted by Gasteiger charge is -2.27. The van der Waals surface area contributed by atoms with E-state index in [0.29, 0.717) is 17.4 Å². The first-order chi connectivity index (χ1) is 11.0. The van der Waals surface area contributed by atoms with Crippen LogP contribution in [0, 0.1) is 6.92 Å². The quantitative estimate of drug-likeness (QED) is 0.773. The fraction of sp³-hybridized carbons (Fsp3) is 0.600. The number of likely N-dealkylation sites (N-methyl/N-ethyl adjacent to an activating group) is 1. The van der Waals surface area contributed by atoms with Crippen LogP contribution in [0.25, 0.3) is 0 Å². The van der Waals surface area contributed by atoms with Gasteiger partial charge >= 0.3 is 0 Å². The van der Waals surface area contributed by atoms with Gasteiger partial charge in [0.2, 0.25) is 0 Å². The monoisotopic (exact) mass is 374 g/mol. The van der Waals surface area contributed by atoms with Gasteiger partial charge in [-0.15, -0.1) is 22.7 Å². The van der Waals surface area contributed by atoms with Crippen molar-refractivity contribution in [3.8, 4) is 0 Å². The van der Waals surface area contributed by atoms with E-state index in [1.54, 1.807) is 11.3 Å². The van der Waals surface area contributed by atoms with E-state index in [1.807, 2.05) is 18.6 Å². The lowest BCUT2D eigenvalue weighted by atomic mass is 10.2. The van der Waals surface area contributed by atoms with E-state index >= 15 is 0 Å². The molecule has 0 N–H and O–H groups in total. The molecule has 0 amide bonds. The molecular weight excluding hydrogens is 355 g/mol. The van der Waals surface area contributed by atoms with Gasteiger partial charge in [0.1, 0.15) is 6.17 Å². The second kappa shape index (κ2) is 7.53. The van der Waals surface area contributed by atoms with Crippen LogP contribution in [-0.2, 0) is 13.1 Å². The van der Waals surface area contributed by atoms with Crippen molar-refractivity contribution in [3.63, 3.8) is 0 Å². The van der Waals surface area contributed by atoms with Gasteiger partial charge < -0.3 is 0 Å². The molecule has 2 atom stereocenters. The van der Waals surface area contributed by atoms with Gasteiger partial charge in [0.05, 0.1) is 11.2 Å². The highest BCUT2D eigenvalue weighted by molar-refractivity contribution is 7.15. The summed E-state index contributed by atoms with van der Waals surface area (Å²) in [5.41, 5.74) is 2.92. The average Bonchev–Trinajstić information content (AvgIpc) is 3.15. The molecule has 0 unspecified atom stereocenters. The van der Waals surface area contributed by atoms with Crippen molar-refractivity contribution >= 4 is 34.3 Å². The highest BCUT2D eigenvalue weighted by Crippen LogP contribution is 2.26. The van der Waals surface area contributed by atoms with Crippen molar-refractivity contribution in [2.24, 2.45) is 0 Å². The normalized spacial score (nSPS) is 22.3. The van der Waals surface area contributed by atoms with Gasteiger partial charge in [-0.25, -0.2) is 14.4 Å². The molecule has 23 heavy (non-hydrogen) atoms. The van der Waals surface area contributed by atoms with E-state index in [4.69, 9.17) is 11.6 Å². The van der Waals surface area contributed by atoms with Crippen LogP contribution in [0.2, 0.25) is 4.47 Å². The van der Waals surface area contributed by atoms with Crippen molar-refractivity contribution < 1.29 is 4.39 Å². The van der Waals surface area contributed by atoms with Crippen LogP contribution in [0.5, 0.6) is 0 Å². The number of halogens is 2. The number of hydrogen-bond donors (Lipinski definition) is 0. The largest absolute Gasteiger partial charge is 0.300 e. The Bertz CT molecular complexity index is 647. The minimum absolute atomic E-state index is 0.236. The Morgan fingerprint density at radius 1 is 1.48 bits per heavy atom. The number of aromatic nitrogens is 2. The fourth-order valence-corrected chi connectivity index (χ4v) is 4.88. The third kappa shape index (κ3) is 4.48. The summed E-state index contributed by atoms with van der Waals surface area (Å²) in [6, 6.07) is 0.236. The molecule has 3 heterocycles. The highest BCUT2D eigenvalue weighted by Gasteiger charge is 2.33. The van der Waals surface area contributed by atoms with E-state index < -0.39 is 6.17 Å². The molecule has 2 aromatic heterocycles. The van der Waals surface area contributed by atoms with E-state index in [-0.39, 0.29) is 6.04 Å². The Labute approximate surface area is 148 Å². The van der Waals surface area contributed by atoms with Gasteiger partial charge in [0.25, 0.3) is 0 Å². The molecule has 2 aromatic rings. The molecule has 1 fully saturated rings. The van der Waals surface area contributed by atoms with Gasteiger partial charge in [-0.05, 0) is 20.4 Å². The fourth-order valence-electron chi connectivity index (χ4n) is 3.02. The van der Waals surface area contributed by atoms with E-state index in [0.717, 1.165) is 30.2 Å². The Morgan fingerprint density at radius 2 is 2.30 bits per heavy atom. The summed E-state index contributed by atoms with van der Waals surface area (Å²) < 4.78 is 14.5. The second-order valence-electron chi connectivity index (χ2n) is 6.05.